The maximum absolute atomic E-state index is 12.1. The van der Waals surface area contributed by atoms with Crippen molar-refractivity contribution in [1.82, 2.24) is 10.8 Å². The molecule has 1 rings (SSSR count). The van der Waals surface area contributed by atoms with Gasteiger partial charge in [0.05, 0.1) is 6.10 Å². The summed E-state index contributed by atoms with van der Waals surface area (Å²) in [4.78, 5) is 23.5. The van der Waals surface area contributed by atoms with Crippen LogP contribution in [0.4, 0.5) is 0 Å². The molecule has 2 atom stereocenters. The zero-order valence-corrected chi connectivity index (χ0v) is 13.7. The van der Waals surface area contributed by atoms with Crippen LogP contribution in [0.3, 0.4) is 0 Å². The summed E-state index contributed by atoms with van der Waals surface area (Å²) in [5.41, 5.74) is 2.39. The molecule has 0 fully saturated rings. The van der Waals surface area contributed by atoms with E-state index < -0.39 is 24.0 Å². The van der Waals surface area contributed by atoms with E-state index in [0.717, 1.165) is 5.56 Å². The number of hydrogen-bond donors (Lipinski definition) is 4. The number of hydrogen-bond acceptors (Lipinski definition) is 4. The van der Waals surface area contributed by atoms with Crippen molar-refractivity contribution in [2.75, 3.05) is 0 Å². The Balaban J connectivity index is 2.85. The fraction of sp³-hybridized carbons (Fsp3) is 0.412. The van der Waals surface area contributed by atoms with E-state index in [-0.39, 0.29) is 5.41 Å². The molecule has 0 aliphatic rings. The summed E-state index contributed by atoms with van der Waals surface area (Å²) in [6.45, 7) is 7.35. The molecule has 0 aliphatic carbocycles. The zero-order valence-electron chi connectivity index (χ0n) is 13.7. The first-order valence-corrected chi connectivity index (χ1v) is 7.20. The molecule has 4 N–H and O–H groups in total. The average molecular weight is 318 g/mol. The normalized spacial score (nSPS) is 13.3. The molecule has 23 heavy (non-hydrogen) atoms. The quantitative estimate of drug-likeness (QED) is 0.379. The second-order valence-corrected chi connectivity index (χ2v) is 6.25. The third-order valence-corrected chi connectivity index (χ3v) is 2.89. The van der Waals surface area contributed by atoms with Crippen molar-refractivity contribution >= 4 is 11.8 Å². The molecule has 0 radical (unpaired) electrons. The third kappa shape index (κ3) is 6.10. The molecule has 1 aromatic carbocycles. The van der Waals surface area contributed by atoms with Gasteiger partial charge in [-0.05, 0) is 52.0 Å². The smallest absolute Gasteiger partial charge is 0.268 e. The molecule has 0 saturated carbocycles. The van der Waals surface area contributed by atoms with E-state index in [0.29, 0.717) is 5.56 Å². The SMILES string of the molecule is CC(O)C(NC(=O)c1ccc(C#CC(C)(C)C)cc1)C(=O)NO. The van der Waals surface area contributed by atoms with Crippen LogP contribution in [0.2, 0.25) is 0 Å². The van der Waals surface area contributed by atoms with Gasteiger partial charge in [-0.15, -0.1) is 0 Å². The maximum Gasteiger partial charge on any atom is 0.268 e. The summed E-state index contributed by atoms with van der Waals surface area (Å²) in [7, 11) is 0. The Bertz CT molecular complexity index is 619. The highest BCUT2D eigenvalue weighted by Gasteiger charge is 2.25. The van der Waals surface area contributed by atoms with Crippen molar-refractivity contribution in [3.05, 3.63) is 35.4 Å². The lowest BCUT2D eigenvalue weighted by Gasteiger charge is -2.19. The molecular weight excluding hydrogens is 296 g/mol. The van der Waals surface area contributed by atoms with Crippen molar-refractivity contribution in [3.63, 3.8) is 0 Å². The van der Waals surface area contributed by atoms with Crippen LogP contribution < -0.4 is 10.8 Å². The number of carbonyl (C=O) groups is 2. The van der Waals surface area contributed by atoms with Crippen molar-refractivity contribution in [1.29, 1.82) is 0 Å². The number of amides is 2. The fourth-order valence-electron chi connectivity index (χ4n) is 1.66. The van der Waals surface area contributed by atoms with Gasteiger partial charge in [-0.2, -0.15) is 0 Å². The van der Waals surface area contributed by atoms with Gasteiger partial charge in [0.2, 0.25) is 0 Å². The molecule has 2 amide bonds. The summed E-state index contributed by atoms with van der Waals surface area (Å²) in [6.07, 6.45) is -1.15. The first-order valence-electron chi connectivity index (χ1n) is 7.20. The molecule has 0 saturated heterocycles. The molecular formula is C17H22N2O4. The van der Waals surface area contributed by atoms with Gasteiger partial charge in [-0.1, -0.05) is 11.8 Å². The van der Waals surface area contributed by atoms with E-state index in [9.17, 15) is 14.7 Å². The molecule has 124 valence electrons. The van der Waals surface area contributed by atoms with Crippen LogP contribution >= 0.6 is 0 Å². The van der Waals surface area contributed by atoms with E-state index in [1.54, 1.807) is 24.3 Å². The summed E-state index contributed by atoms with van der Waals surface area (Å²) in [6, 6.07) is 5.33. The van der Waals surface area contributed by atoms with Crippen LogP contribution in [0.1, 0.15) is 43.6 Å². The Labute approximate surface area is 135 Å². The molecule has 6 heteroatoms. The molecule has 1 aromatic rings. The van der Waals surface area contributed by atoms with Gasteiger partial charge in [0.1, 0.15) is 6.04 Å². The van der Waals surface area contributed by atoms with E-state index in [4.69, 9.17) is 5.21 Å². The van der Waals surface area contributed by atoms with Gasteiger partial charge in [0.15, 0.2) is 0 Å². The number of aliphatic hydroxyl groups is 1. The highest BCUT2D eigenvalue weighted by atomic mass is 16.5. The van der Waals surface area contributed by atoms with Crippen molar-refractivity contribution < 1.29 is 19.9 Å². The molecule has 0 spiro atoms. The zero-order chi connectivity index (χ0) is 17.6. The summed E-state index contributed by atoms with van der Waals surface area (Å²) in [5.74, 6) is 4.69. The van der Waals surface area contributed by atoms with E-state index in [1.807, 2.05) is 20.8 Å². The van der Waals surface area contributed by atoms with Gasteiger partial charge >= 0.3 is 0 Å². The topological polar surface area (TPSA) is 98.7 Å². The first kappa shape index (κ1) is 18.7. The second kappa shape index (κ2) is 7.77. The van der Waals surface area contributed by atoms with E-state index in [1.165, 1.54) is 12.4 Å². The second-order valence-electron chi connectivity index (χ2n) is 6.25. The molecule has 0 bridgehead atoms. The third-order valence-electron chi connectivity index (χ3n) is 2.89. The number of hydroxylamine groups is 1. The summed E-state index contributed by atoms with van der Waals surface area (Å²) in [5, 5.41) is 20.5. The molecule has 0 aliphatic heterocycles. The molecule has 2 unspecified atom stereocenters. The standard InChI is InChI=1S/C17H22N2O4/c1-11(20)14(16(22)19-23)18-15(21)13-7-5-12(6-8-13)9-10-17(2,3)4/h5-8,11,14,20,23H,1-4H3,(H,18,21)(H,19,22). The van der Waals surface area contributed by atoms with Crippen molar-refractivity contribution in [3.8, 4) is 11.8 Å². The largest absolute Gasteiger partial charge is 0.391 e. The molecule has 0 aromatic heterocycles. The van der Waals surface area contributed by atoms with Crippen LogP contribution in [0.15, 0.2) is 24.3 Å². The van der Waals surface area contributed by atoms with Crippen LogP contribution in [0.25, 0.3) is 0 Å². The number of nitrogens with one attached hydrogen (secondary N) is 2. The number of benzene rings is 1. The Morgan fingerprint density at radius 1 is 1.17 bits per heavy atom. The predicted molar refractivity (Wildman–Crippen MR) is 85.6 cm³/mol. The Morgan fingerprint density at radius 3 is 2.17 bits per heavy atom. The Morgan fingerprint density at radius 2 is 1.74 bits per heavy atom. The van der Waals surface area contributed by atoms with Crippen LogP contribution in [0.5, 0.6) is 0 Å². The van der Waals surface area contributed by atoms with Gasteiger partial charge in [-0.3, -0.25) is 14.8 Å². The summed E-state index contributed by atoms with van der Waals surface area (Å²) >= 11 is 0. The molecule has 0 heterocycles. The lowest BCUT2D eigenvalue weighted by molar-refractivity contribution is -0.133. The number of rotatable bonds is 4. The predicted octanol–water partition coefficient (Wildman–Crippen LogP) is 1.07. The number of carbonyl (C=O) groups excluding carboxylic acids is 2. The maximum atomic E-state index is 12.1. The highest BCUT2D eigenvalue weighted by Crippen LogP contribution is 2.11. The molecule has 6 nitrogen and oxygen atoms in total. The van der Waals surface area contributed by atoms with Crippen molar-refractivity contribution in [2.45, 2.75) is 39.8 Å². The summed E-state index contributed by atoms with van der Waals surface area (Å²) < 4.78 is 0. The van der Waals surface area contributed by atoms with Crippen LogP contribution in [-0.4, -0.2) is 34.3 Å². The Kier molecular flexibility index (Phi) is 6.31. The average Bonchev–Trinajstić information content (AvgIpc) is 2.49. The number of aliphatic hydroxyl groups excluding tert-OH is 1. The minimum absolute atomic E-state index is 0.113. The lowest BCUT2D eigenvalue weighted by Crippen LogP contribution is -2.51. The Hall–Kier alpha value is -2.36. The van der Waals surface area contributed by atoms with E-state index >= 15 is 0 Å². The highest BCUT2D eigenvalue weighted by molar-refractivity contribution is 5.97. The van der Waals surface area contributed by atoms with Gasteiger partial charge in [0, 0.05) is 16.5 Å². The monoisotopic (exact) mass is 318 g/mol. The van der Waals surface area contributed by atoms with Crippen LogP contribution in [-0.2, 0) is 4.79 Å². The van der Waals surface area contributed by atoms with Crippen molar-refractivity contribution in [2.24, 2.45) is 5.41 Å². The first-order chi connectivity index (χ1) is 10.6. The van der Waals surface area contributed by atoms with E-state index in [2.05, 4.69) is 17.2 Å². The van der Waals surface area contributed by atoms with Gasteiger partial charge < -0.3 is 10.4 Å². The van der Waals surface area contributed by atoms with Gasteiger partial charge in [0.25, 0.3) is 11.8 Å². The lowest BCUT2D eigenvalue weighted by atomic mass is 9.97. The minimum Gasteiger partial charge on any atom is -0.391 e. The van der Waals surface area contributed by atoms with Crippen LogP contribution in [0, 0.1) is 17.3 Å². The fourth-order valence-corrected chi connectivity index (χ4v) is 1.66. The van der Waals surface area contributed by atoms with Gasteiger partial charge in [-0.25, -0.2) is 5.48 Å². The minimum atomic E-state index is -1.24.